The Bertz CT molecular complexity index is 1160. The summed E-state index contributed by atoms with van der Waals surface area (Å²) in [4.78, 5) is 29.0. The van der Waals surface area contributed by atoms with E-state index >= 15 is 0 Å². The van der Waals surface area contributed by atoms with Crippen LogP contribution in [0.3, 0.4) is 0 Å². The number of aryl methyl sites for hydroxylation is 1. The molecule has 3 aromatic carbocycles. The van der Waals surface area contributed by atoms with E-state index in [4.69, 9.17) is 0 Å². The molecule has 0 bridgehead atoms. The van der Waals surface area contributed by atoms with Gasteiger partial charge < -0.3 is 4.57 Å². The summed E-state index contributed by atoms with van der Waals surface area (Å²) in [5, 5.41) is 0. The van der Waals surface area contributed by atoms with Gasteiger partial charge in [0.1, 0.15) is 5.82 Å². The molecule has 0 saturated heterocycles. The molecule has 0 aliphatic rings. The zero-order chi connectivity index (χ0) is 20.2. The van der Waals surface area contributed by atoms with Crippen molar-refractivity contribution in [1.82, 2.24) is 20.4 Å². The first-order valence-corrected chi connectivity index (χ1v) is 9.27. The maximum Gasteiger partial charge on any atom is 0.269 e. The smallest absolute Gasteiger partial charge is 0.269 e. The van der Waals surface area contributed by atoms with Crippen molar-refractivity contribution in [2.24, 2.45) is 7.05 Å². The summed E-state index contributed by atoms with van der Waals surface area (Å²) >= 11 is 0. The van der Waals surface area contributed by atoms with Crippen LogP contribution in [0.5, 0.6) is 0 Å². The van der Waals surface area contributed by atoms with Gasteiger partial charge in [0.2, 0.25) is 5.91 Å². The first-order valence-electron chi connectivity index (χ1n) is 9.27. The van der Waals surface area contributed by atoms with Crippen molar-refractivity contribution in [2.75, 3.05) is 0 Å². The minimum atomic E-state index is -0.372. The van der Waals surface area contributed by atoms with Crippen LogP contribution >= 0.6 is 0 Å². The topological polar surface area (TPSA) is 76.0 Å². The van der Waals surface area contributed by atoms with Crippen molar-refractivity contribution in [1.29, 1.82) is 0 Å². The van der Waals surface area contributed by atoms with Gasteiger partial charge in [-0.3, -0.25) is 20.4 Å². The summed E-state index contributed by atoms with van der Waals surface area (Å²) < 4.78 is 1.87. The number of nitrogens with one attached hydrogen (secondary N) is 2. The maximum absolute atomic E-state index is 12.3. The van der Waals surface area contributed by atoms with E-state index in [9.17, 15) is 9.59 Å². The molecule has 1 aromatic heterocycles. The van der Waals surface area contributed by atoms with Crippen molar-refractivity contribution in [3.8, 4) is 11.1 Å². The number of hydrazine groups is 1. The molecule has 4 rings (SSSR count). The Kier molecular flexibility index (Phi) is 5.07. The molecule has 0 saturated carbocycles. The minimum Gasteiger partial charge on any atom is -0.331 e. The molecule has 0 unspecified atom stereocenters. The Labute approximate surface area is 168 Å². The number of carbonyl (C=O) groups is 2. The molecular formula is C23H20N4O2. The van der Waals surface area contributed by atoms with Gasteiger partial charge in [-0.2, -0.15) is 0 Å². The zero-order valence-corrected chi connectivity index (χ0v) is 15.9. The van der Waals surface area contributed by atoms with Gasteiger partial charge in [0.15, 0.2) is 0 Å². The van der Waals surface area contributed by atoms with E-state index in [0.29, 0.717) is 11.4 Å². The Morgan fingerprint density at radius 2 is 1.48 bits per heavy atom. The number of fused-ring (bicyclic) bond motifs is 1. The largest absolute Gasteiger partial charge is 0.331 e. The molecule has 1 heterocycles. The molecule has 0 aliphatic carbocycles. The van der Waals surface area contributed by atoms with Crippen molar-refractivity contribution in [3.63, 3.8) is 0 Å². The standard InChI is InChI=1S/C23H20N4O2/c1-27-20-10-6-5-9-19(20)24-21(27)15-22(28)25-26-23(29)18-13-11-17(12-14-18)16-7-3-2-4-8-16/h2-14H,15H2,1H3,(H,25,28)(H,26,29). The number of benzene rings is 3. The van der Waals surface area contributed by atoms with Gasteiger partial charge in [-0.15, -0.1) is 0 Å². The highest BCUT2D eigenvalue weighted by atomic mass is 16.2. The normalized spacial score (nSPS) is 10.7. The average molecular weight is 384 g/mol. The lowest BCUT2D eigenvalue weighted by Crippen LogP contribution is -2.42. The Morgan fingerprint density at radius 3 is 2.21 bits per heavy atom. The predicted molar refractivity (Wildman–Crippen MR) is 112 cm³/mol. The molecule has 0 radical (unpaired) electrons. The number of carbonyl (C=O) groups excluding carboxylic acids is 2. The molecular weight excluding hydrogens is 364 g/mol. The third-order valence-electron chi connectivity index (χ3n) is 4.77. The van der Waals surface area contributed by atoms with Gasteiger partial charge in [0, 0.05) is 12.6 Å². The van der Waals surface area contributed by atoms with E-state index in [1.54, 1.807) is 12.1 Å². The number of nitrogens with zero attached hydrogens (tertiary/aromatic N) is 2. The molecule has 144 valence electrons. The van der Waals surface area contributed by atoms with Crippen molar-refractivity contribution < 1.29 is 9.59 Å². The minimum absolute atomic E-state index is 0.0679. The summed E-state index contributed by atoms with van der Waals surface area (Å²) in [5.74, 6) is -0.0780. The maximum atomic E-state index is 12.3. The van der Waals surface area contributed by atoms with E-state index in [0.717, 1.165) is 22.2 Å². The molecule has 0 fully saturated rings. The molecule has 0 aliphatic heterocycles. The lowest BCUT2D eigenvalue weighted by atomic mass is 10.0. The number of amides is 2. The van der Waals surface area contributed by atoms with Gasteiger partial charge in [0.25, 0.3) is 5.91 Å². The fraction of sp³-hybridized carbons (Fsp3) is 0.0870. The molecule has 2 amide bonds. The second-order valence-electron chi connectivity index (χ2n) is 6.70. The second kappa shape index (κ2) is 7.98. The van der Waals surface area contributed by atoms with Gasteiger partial charge in [-0.1, -0.05) is 54.6 Å². The van der Waals surface area contributed by atoms with Crippen LogP contribution in [-0.4, -0.2) is 21.4 Å². The highest BCUT2D eigenvalue weighted by molar-refractivity contribution is 5.96. The Balaban J connectivity index is 1.36. The Morgan fingerprint density at radius 1 is 0.828 bits per heavy atom. The second-order valence-corrected chi connectivity index (χ2v) is 6.70. The van der Waals surface area contributed by atoms with Crippen LogP contribution in [0.2, 0.25) is 0 Å². The molecule has 0 spiro atoms. The van der Waals surface area contributed by atoms with Crippen LogP contribution in [0, 0.1) is 0 Å². The number of aromatic nitrogens is 2. The first kappa shape index (κ1) is 18.4. The van der Waals surface area contributed by atoms with Crippen molar-refractivity contribution in [3.05, 3.63) is 90.3 Å². The monoisotopic (exact) mass is 384 g/mol. The van der Waals surface area contributed by atoms with Crippen LogP contribution in [0.15, 0.2) is 78.9 Å². The molecule has 4 aromatic rings. The van der Waals surface area contributed by atoms with Crippen molar-refractivity contribution in [2.45, 2.75) is 6.42 Å². The van der Waals surface area contributed by atoms with Gasteiger partial charge in [0.05, 0.1) is 17.5 Å². The summed E-state index contributed by atoms with van der Waals surface area (Å²) in [5.41, 5.74) is 9.27. The van der Waals surface area contributed by atoms with E-state index in [1.807, 2.05) is 78.3 Å². The molecule has 0 atom stereocenters. The fourth-order valence-electron chi connectivity index (χ4n) is 3.18. The van der Waals surface area contributed by atoms with Gasteiger partial charge in [-0.25, -0.2) is 4.98 Å². The number of hydrogen-bond acceptors (Lipinski definition) is 3. The van der Waals surface area contributed by atoms with Gasteiger partial charge in [-0.05, 0) is 35.4 Å². The zero-order valence-electron chi connectivity index (χ0n) is 15.9. The van der Waals surface area contributed by atoms with Crippen molar-refractivity contribution >= 4 is 22.8 Å². The van der Waals surface area contributed by atoms with E-state index in [2.05, 4.69) is 15.8 Å². The number of rotatable bonds is 4. The fourth-order valence-corrected chi connectivity index (χ4v) is 3.18. The third-order valence-corrected chi connectivity index (χ3v) is 4.77. The summed E-state index contributed by atoms with van der Waals surface area (Å²) in [6.07, 6.45) is 0.0679. The van der Waals surface area contributed by atoms with E-state index in [1.165, 1.54) is 0 Å². The SMILES string of the molecule is Cn1c(CC(=O)NNC(=O)c2ccc(-c3ccccc3)cc2)nc2ccccc21. The summed E-state index contributed by atoms with van der Waals surface area (Å²) in [7, 11) is 1.87. The Hall–Kier alpha value is -3.93. The van der Waals surface area contributed by atoms with E-state index in [-0.39, 0.29) is 18.2 Å². The quantitative estimate of drug-likeness (QED) is 0.531. The number of para-hydroxylation sites is 2. The van der Waals surface area contributed by atoms with Crippen LogP contribution in [0.1, 0.15) is 16.2 Å². The van der Waals surface area contributed by atoms with E-state index < -0.39 is 0 Å². The summed E-state index contributed by atoms with van der Waals surface area (Å²) in [6.45, 7) is 0. The van der Waals surface area contributed by atoms with Crippen LogP contribution in [0.4, 0.5) is 0 Å². The van der Waals surface area contributed by atoms with Crippen LogP contribution < -0.4 is 10.9 Å². The highest BCUT2D eigenvalue weighted by Gasteiger charge is 2.13. The highest BCUT2D eigenvalue weighted by Crippen LogP contribution is 2.19. The lowest BCUT2D eigenvalue weighted by Gasteiger charge is -2.08. The third kappa shape index (κ3) is 4.01. The lowest BCUT2D eigenvalue weighted by molar-refractivity contribution is -0.121. The number of hydrogen-bond donors (Lipinski definition) is 2. The average Bonchev–Trinajstić information content (AvgIpc) is 3.08. The first-order chi connectivity index (χ1) is 14.1. The molecule has 6 heteroatoms. The predicted octanol–water partition coefficient (Wildman–Crippen LogP) is 3.24. The van der Waals surface area contributed by atoms with Crippen LogP contribution in [-0.2, 0) is 18.3 Å². The molecule has 2 N–H and O–H groups in total. The van der Waals surface area contributed by atoms with Crippen LogP contribution in [0.25, 0.3) is 22.2 Å². The molecule has 6 nitrogen and oxygen atoms in total. The molecule has 29 heavy (non-hydrogen) atoms. The van der Waals surface area contributed by atoms with Gasteiger partial charge >= 0.3 is 0 Å². The number of imidazole rings is 1. The summed E-state index contributed by atoms with van der Waals surface area (Å²) in [6, 6.07) is 24.8.